The Labute approximate surface area is 80.4 Å². The maximum absolute atomic E-state index is 10.3. The molecule has 74 valence electrons. The van der Waals surface area contributed by atoms with Gasteiger partial charge in [0, 0.05) is 6.07 Å². The number of phenols is 1. The van der Waals surface area contributed by atoms with Gasteiger partial charge in [0.25, 0.3) is 5.69 Å². The number of aromatic hydroxyl groups is 1. The van der Waals surface area contributed by atoms with Crippen molar-refractivity contribution in [2.45, 2.75) is 0 Å². The molecule has 5 heteroatoms. The number of non-ortho nitro benzene ring substituents is 1. The first-order chi connectivity index (χ1) is 6.65. The molecule has 1 rings (SSSR count). The highest BCUT2D eigenvalue weighted by Gasteiger charge is 2.09. The number of hydrogen-bond acceptors (Lipinski definition) is 4. The maximum Gasteiger partial charge on any atom is 0.273 e. The number of benzene rings is 1. The topological polar surface area (TPSA) is 72.6 Å². The molecule has 0 radical (unpaired) electrons. The zero-order chi connectivity index (χ0) is 10.6. The Morgan fingerprint density at radius 1 is 1.64 bits per heavy atom. The second kappa shape index (κ2) is 4.27. The van der Waals surface area contributed by atoms with E-state index in [1.165, 1.54) is 18.2 Å². The summed E-state index contributed by atoms with van der Waals surface area (Å²) in [6, 6.07) is 3.65. The lowest BCUT2D eigenvalue weighted by Crippen LogP contribution is -1.94. The molecule has 5 nitrogen and oxygen atoms in total. The van der Waals surface area contributed by atoms with Crippen molar-refractivity contribution in [2.75, 3.05) is 6.61 Å². The summed E-state index contributed by atoms with van der Waals surface area (Å²) in [4.78, 5) is 9.73. The highest BCUT2D eigenvalue weighted by molar-refractivity contribution is 5.47. The third kappa shape index (κ3) is 2.22. The fourth-order valence-electron chi connectivity index (χ4n) is 0.890. The van der Waals surface area contributed by atoms with Gasteiger partial charge in [-0.2, -0.15) is 0 Å². The number of nitro groups is 1. The van der Waals surface area contributed by atoms with Crippen LogP contribution in [0.3, 0.4) is 0 Å². The second-order valence-electron chi connectivity index (χ2n) is 2.51. The van der Waals surface area contributed by atoms with Crippen LogP contribution in [0.5, 0.6) is 11.5 Å². The minimum Gasteiger partial charge on any atom is -0.504 e. The van der Waals surface area contributed by atoms with Gasteiger partial charge >= 0.3 is 0 Å². The van der Waals surface area contributed by atoms with E-state index < -0.39 is 4.92 Å². The number of rotatable bonds is 4. The van der Waals surface area contributed by atoms with Gasteiger partial charge in [0.1, 0.15) is 6.61 Å². The zero-order valence-corrected chi connectivity index (χ0v) is 7.34. The average molecular weight is 195 g/mol. The van der Waals surface area contributed by atoms with E-state index in [-0.39, 0.29) is 23.8 Å². The third-order valence-corrected chi connectivity index (χ3v) is 1.51. The lowest BCUT2D eigenvalue weighted by molar-refractivity contribution is -0.385. The van der Waals surface area contributed by atoms with Crippen molar-refractivity contribution in [2.24, 2.45) is 0 Å². The number of hydrogen-bond donors (Lipinski definition) is 1. The molecular formula is C9H9NO4. The molecule has 1 aromatic rings. The molecule has 0 spiro atoms. The van der Waals surface area contributed by atoms with Crippen LogP contribution in [0, 0.1) is 10.1 Å². The predicted molar refractivity (Wildman–Crippen MR) is 50.5 cm³/mol. The summed E-state index contributed by atoms with van der Waals surface area (Å²) in [5.41, 5.74) is -0.173. The van der Waals surface area contributed by atoms with Gasteiger partial charge in [0.15, 0.2) is 11.5 Å². The van der Waals surface area contributed by atoms with E-state index in [1.54, 1.807) is 0 Å². The van der Waals surface area contributed by atoms with E-state index in [0.29, 0.717) is 0 Å². The monoisotopic (exact) mass is 195 g/mol. The van der Waals surface area contributed by atoms with Crippen LogP contribution in [0.15, 0.2) is 30.9 Å². The molecule has 14 heavy (non-hydrogen) atoms. The highest BCUT2D eigenvalue weighted by atomic mass is 16.6. The molecular weight excluding hydrogens is 186 g/mol. The van der Waals surface area contributed by atoms with Crippen molar-refractivity contribution in [1.29, 1.82) is 0 Å². The average Bonchev–Trinajstić information content (AvgIpc) is 2.15. The number of phenolic OH excluding ortho intramolecular Hbond substituents is 1. The second-order valence-corrected chi connectivity index (χ2v) is 2.51. The van der Waals surface area contributed by atoms with E-state index in [4.69, 9.17) is 4.74 Å². The molecule has 0 heterocycles. The molecule has 0 amide bonds. The van der Waals surface area contributed by atoms with Gasteiger partial charge in [-0.3, -0.25) is 10.1 Å². The van der Waals surface area contributed by atoms with Crippen molar-refractivity contribution < 1.29 is 14.8 Å². The first-order valence-corrected chi connectivity index (χ1v) is 3.86. The number of nitro benzene ring substituents is 1. The van der Waals surface area contributed by atoms with E-state index in [1.807, 2.05) is 0 Å². The van der Waals surface area contributed by atoms with E-state index in [0.717, 1.165) is 6.07 Å². The van der Waals surface area contributed by atoms with Crippen LogP contribution in [0.4, 0.5) is 5.69 Å². The van der Waals surface area contributed by atoms with Crippen LogP contribution in [0.2, 0.25) is 0 Å². The van der Waals surface area contributed by atoms with Gasteiger partial charge < -0.3 is 9.84 Å². The molecule has 0 aromatic heterocycles. The fourth-order valence-corrected chi connectivity index (χ4v) is 0.890. The van der Waals surface area contributed by atoms with Crippen LogP contribution < -0.4 is 4.74 Å². The summed E-state index contributed by atoms with van der Waals surface area (Å²) in [6.07, 6.45) is 1.51. The standard InChI is InChI=1S/C9H9NO4/c1-2-5-14-9-4-3-7(10(12)13)6-8(9)11/h2-4,6,11H,1,5H2. The largest absolute Gasteiger partial charge is 0.504 e. The molecule has 0 aliphatic heterocycles. The number of nitrogens with zero attached hydrogens (tertiary/aromatic N) is 1. The Morgan fingerprint density at radius 2 is 2.36 bits per heavy atom. The Balaban J connectivity index is 2.89. The number of ether oxygens (including phenoxy) is 1. The smallest absolute Gasteiger partial charge is 0.273 e. The summed E-state index contributed by atoms with van der Waals surface area (Å²) < 4.78 is 5.03. The molecule has 1 aromatic carbocycles. The fraction of sp³-hybridized carbons (Fsp3) is 0.111. The Kier molecular flexibility index (Phi) is 3.06. The molecule has 0 fully saturated rings. The molecule has 0 saturated carbocycles. The highest BCUT2D eigenvalue weighted by Crippen LogP contribution is 2.29. The minimum atomic E-state index is -0.586. The van der Waals surface area contributed by atoms with Crippen molar-refractivity contribution in [3.8, 4) is 11.5 Å². The normalized spacial score (nSPS) is 9.43. The van der Waals surface area contributed by atoms with Crippen molar-refractivity contribution in [3.05, 3.63) is 41.0 Å². The van der Waals surface area contributed by atoms with Crippen LogP contribution >= 0.6 is 0 Å². The summed E-state index contributed by atoms with van der Waals surface area (Å²) >= 11 is 0. The van der Waals surface area contributed by atoms with Gasteiger partial charge in [-0.1, -0.05) is 12.7 Å². The van der Waals surface area contributed by atoms with E-state index in [9.17, 15) is 15.2 Å². The van der Waals surface area contributed by atoms with E-state index in [2.05, 4.69) is 6.58 Å². The van der Waals surface area contributed by atoms with Gasteiger partial charge in [0.05, 0.1) is 11.0 Å². The first kappa shape index (κ1) is 10.0. The molecule has 0 atom stereocenters. The van der Waals surface area contributed by atoms with Gasteiger partial charge in [0.2, 0.25) is 0 Å². The Hall–Kier alpha value is -2.04. The quantitative estimate of drug-likeness (QED) is 0.452. The van der Waals surface area contributed by atoms with Crippen molar-refractivity contribution in [3.63, 3.8) is 0 Å². The Bertz CT molecular complexity index is 362. The zero-order valence-electron chi connectivity index (χ0n) is 7.34. The molecule has 0 unspecified atom stereocenters. The summed E-state index contributed by atoms with van der Waals surface area (Å²) in [5.74, 6) is -0.0449. The summed E-state index contributed by atoms with van der Waals surface area (Å²) in [6.45, 7) is 3.68. The predicted octanol–water partition coefficient (Wildman–Crippen LogP) is 1.87. The maximum atomic E-state index is 10.3. The van der Waals surface area contributed by atoms with Gasteiger partial charge in [-0.25, -0.2) is 0 Å². The lowest BCUT2D eigenvalue weighted by atomic mass is 10.3. The van der Waals surface area contributed by atoms with Crippen LogP contribution in [-0.2, 0) is 0 Å². The minimum absolute atomic E-state index is 0.173. The molecule has 0 bridgehead atoms. The third-order valence-electron chi connectivity index (χ3n) is 1.51. The summed E-state index contributed by atoms with van der Waals surface area (Å²) in [5, 5.41) is 19.6. The van der Waals surface area contributed by atoms with Crippen LogP contribution in [0.1, 0.15) is 0 Å². The van der Waals surface area contributed by atoms with Gasteiger partial charge in [-0.05, 0) is 6.07 Å². The van der Waals surface area contributed by atoms with E-state index >= 15 is 0 Å². The first-order valence-electron chi connectivity index (χ1n) is 3.86. The van der Waals surface area contributed by atoms with Crippen molar-refractivity contribution >= 4 is 5.69 Å². The van der Waals surface area contributed by atoms with Gasteiger partial charge in [-0.15, -0.1) is 0 Å². The SMILES string of the molecule is C=CCOc1ccc([N+](=O)[O-])cc1O. The lowest BCUT2D eigenvalue weighted by Gasteiger charge is -2.04. The van der Waals surface area contributed by atoms with Crippen LogP contribution in [-0.4, -0.2) is 16.6 Å². The molecule has 0 saturated heterocycles. The summed E-state index contributed by atoms with van der Waals surface area (Å²) in [7, 11) is 0. The van der Waals surface area contributed by atoms with Crippen LogP contribution in [0.25, 0.3) is 0 Å². The molecule has 1 N–H and O–H groups in total. The Morgan fingerprint density at radius 3 is 2.86 bits per heavy atom. The van der Waals surface area contributed by atoms with Crippen molar-refractivity contribution in [1.82, 2.24) is 0 Å². The molecule has 0 aliphatic rings. The molecule has 0 aliphatic carbocycles.